The number of fused-ring (bicyclic) bond motifs is 1. The summed E-state index contributed by atoms with van der Waals surface area (Å²) in [7, 11) is -3.59. The number of nitrogens with one attached hydrogen (secondary N) is 1. The van der Waals surface area contributed by atoms with Gasteiger partial charge in [0.15, 0.2) is 0 Å². The van der Waals surface area contributed by atoms with Gasteiger partial charge in [0.05, 0.1) is 29.5 Å². The van der Waals surface area contributed by atoms with Crippen LogP contribution in [0, 0.1) is 0 Å². The Morgan fingerprint density at radius 2 is 1.65 bits per heavy atom. The highest BCUT2D eigenvalue weighted by atomic mass is 32.2. The number of benzene rings is 2. The van der Waals surface area contributed by atoms with Crippen LogP contribution in [0.25, 0.3) is 6.08 Å². The number of morpholine rings is 1. The first kappa shape index (κ1) is 17.1. The van der Waals surface area contributed by atoms with Crippen LogP contribution in [0.4, 0.5) is 11.4 Å². The highest BCUT2D eigenvalue weighted by Gasteiger charge is 2.24. The van der Waals surface area contributed by atoms with E-state index in [1.807, 2.05) is 42.5 Å². The normalized spacial score (nSPS) is 17.4. The Hall–Kier alpha value is -2.31. The van der Waals surface area contributed by atoms with Gasteiger partial charge in [0.1, 0.15) is 0 Å². The van der Waals surface area contributed by atoms with Gasteiger partial charge in [0.25, 0.3) is 10.0 Å². The molecule has 0 aromatic heterocycles. The SMILES string of the molecule is O=S(=O)(Nc1ccccc1N1CCOCC1)C1=Cc2ccccc2CC1. The number of nitrogens with zero attached hydrogens (tertiary/aromatic N) is 1. The summed E-state index contributed by atoms with van der Waals surface area (Å²) < 4.78 is 34.2. The zero-order chi connectivity index (χ0) is 18.0. The molecule has 6 heteroatoms. The molecule has 0 radical (unpaired) electrons. The molecule has 1 N–H and O–H groups in total. The molecule has 0 spiro atoms. The minimum Gasteiger partial charge on any atom is -0.378 e. The highest BCUT2D eigenvalue weighted by molar-refractivity contribution is 7.96. The summed E-state index contributed by atoms with van der Waals surface area (Å²) in [5, 5.41) is 0. The maximum absolute atomic E-state index is 13.0. The lowest BCUT2D eigenvalue weighted by Crippen LogP contribution is -2.36. The molecule has 0 saturated carbocycles. The Kier molecular flexibility index (Phi) is 4.70. The van der Waals surface area contributed by atoms with Gasteiger partial charge in [-0.15, -0.1) is 0 Å². The van der Waals surface area contributed by atoms with E-state index in [9.17, 15) is 8.42 Å². The van der Waals surface area contributed by atoms with E-state index in [-0.39, 0.29) is 0 Å². The summed E-state index contributed by atoms with van der Waals surface area (Å²) in [4.78, 5) is 2.60. The summed E-state index contributed by atoms with van der Waals surface area (Å²) >= 11 is 0. The first-order valence-electron chi connectivity index (χ1n) is 8.86. The van der Waals surface area contributed by atoms with Crippen LogP contribution in [0.5, 0.6) is 0 Å². The van der Waals surface area contributed by atoms with Crippen LogP contribution in [0.1, 0.15) is 17.5 Å². The third kappa shape index (κ3) is 3.48. The number of para-hydroxylation sites is 2. The largest absolute Gasteiger partial charge is 0.378 e. The topological polar surface area (TPSA) is 58.6 Å². The second-order valence-corrected chi connectivity index (χ2v) is 8.27. The van der Waals surface area contributed by atoms with Gasteiger partial charge >= 0.3 is 0 Å². The summed E-state index contributed by atoms with van der Waals surface area (Å²) in [6.45, 7) is 2.83. The van der Waals surface area contributed by atoms with E-state index in [1.54, 1.807) is 6.08 Å². The van der Waals surface area contributed by atoms with Gasteiger partial charge < -0.3 is 9.64 Å². The Morgan fingerprint density at radius 3 is 2.50 bits per heavy atom. The smallest absolute Gasteiger partial charge is 0.258 e. The predicted molar refractivity (Wildman–Crippen MR) is 105 cm³/mol. The second kappa shape index (κ2) is 7.13. The monoisotopic (exact) mass is 370 g/mol. The fourth-order valence-corrected chi connectivity index (χ4v) is 4.71. The highest BCUT2D eigenvalue weighted by Crippen LogP contribution is 2.31. The molecule has 1 saturated heterocycles. The number of hydrogen-bond donors (Lipinski definition) is 1. The zero-order valence-corrected chi connectivity index (χ0v) is 15.3. The molecule has 5 nitrogen and oxygen atoms in total. The van der Waals surface area contributed by atoms with Gasteiger partial charge in [0.2, 0.25) is 0 Å². The molecule has 1 aliphatic heterocycles. The number of rotatable bonds is 4. The molecule has 1 fully saturated rings. The van der Waals surface area contributed by atoms with E-state index in [4.69, 9.17) is 4.74 Å². The second-order valence-electron chi connectivity index (χ2n) is 6.53. The Labute approximate surface area is 154 Å². The predicted octanol–water partition coefficient (Wildman–Crippen LogP) is 3.25. The minimum absolute atomic E-state index is 0.438. The molecule has 0 atom stereocenters. The number of ether oxygens (including phenoxy) is 1. The van der Waals surface area contributed by atoms with E-state index in [1.165, 1.54) is 5.56 Å². The Bertz CT molecular complexity index is 932. The van der Waals surface area contributed by atoms with E-state index >= 15 is 0 Å². The van der Waals surface area contributed by atoms with E-state index < -0.39 is 10.0 Å². The van der Waals surface area contributed by atoms with Crippen LogP contribution in [-0.4, -0.2) is 34.7 Å². The number of anilines is 2. The third-order valence-corrected chi connectivity index (χ3v) is 6.36. The van der Waals surface area contributed by atoms with Crippen molar-refractivity contribution in [2.45, 2.75) is 12.8 Å². The summed E-state index contributed by atoms with van der Waals surface area (Å²) in [6, 6.07) is 15.5. The molecule has 0 unspecified atom stereocenters. The van der Waals surface area contributed by atoms with Gasteiger partial charge in [-0.3, -0.25) is 4.72 Å². The van der Waals surface area contributed by atoms with E-state index in [2.05, 4.69) is 15.7 Å². The maximum Gasteiger partial charge on any atom is 0.258 e. The lowest BCUT2D eigenvalue weighted by Gasteiger charge is -2.30. The quantitative estimate of drug-likeness (QED) is 0.898. The Morgan fingerprint density at radius 1 is 0.923 bits per heavy atom. The lowest BCUT2D eigenvalue weighted by atomic mass is 9.98. The van der Waals surface area contributed by atoms with Crippen molar-refractivity contribution >= 4 is 27.5 Å². The fraction of sp³-hybridized carbons (Fsp3) is 0.300. The van der Waals surface area contributed by atoms with Crippen LogP contribution >= 0.6 is 0 Å². The molecule has 2 aliphatic rings. The first-order chi connectivity index (χ1) is 12.6. The van der Waals surface area contributed by atoms with Gasteiger partial charge in [-0.2, -0.15) is 0 Å². The maximum atomic E-state index is 13.0. The van der Waals surface area contributed by atoms with Gasteiger partial charge in [-0.25, -0.2) is 8.42 Å². The molecular weight excluding hydrogens is 348 g/mol. The third-order valence-electron chi connectivity index (χ3n) is 4.86. The summed E-state index contributed by atoms with van der Waals surface area (Å²) in [5.74, 6) is 0. The van der Waals surface area contributed by atoms with Crippen molar-refractivity contribution < 1.29 is 13.2 Å². The van der Waals surface area contributed by atoms with Crippen LogP contribution < -0.4 is 9.62 Å². The fourth-order valence-electron chi connectivity index (χ4n) is 3.47. The van der Waals surface area contributed by atoms with Crippen molar-refractivity contribution in [1.82, 2.24) is 0 Å². The molecule has 26 heavy (non-hydrogen) atoms. The van der Waals surface area contributed by atoms with E-state index in [0.717, 1.165) is 30.8 Å². The van der Waals surface area contributed by atoms with Gasteiger partial charge in [-0.05, 0) is 42.2 Å². The molecule has 136 valence electrons. The molecule has 0 bridgehead atoms. The minimum atomic E-state index is -3.59. The summed E-state index contributed by atoms with van der Waals surface area (Å²) in [6.07, 6.45) is 3.05. The van der Waals surface area contributed by atoms with Crippen molar-refractivity contribution in [1.29, 1.82) is 0 Å². The average Bonchev–Trinajstić information content (AvgIpc) is 2.68. The van der Waals surface area contributed by atoms with Crippen LogP contribution in [-0.2, 0) is 21.2 Å². The number of hydrogen-bond acceptors (Lipinski definition) is 4. The van der Waals surface area contributed by atoms with E-state index in [0.29, 0.717) is 30.2 Å². The van der Waals surface area contributed by atoms with Gasteiger partial charge in [-0.1, -0.05) is 36.4 Å². The van der Waals surface area contributed by atoms with Gasteiger partial charge in [0, 0.05) is 13.1 Å². The van der Waals surface area contributed by atoms with Crippen molar-refractivity contribution in [3.8, 4) is 0 Å². The summed E-state index contributed by atoms with van der Waals surface area (Å²) in [5.41, 5.74) is 3.70. The van der Waals surface area contributed by atoms with Crippen molar-refractivity contribution in [3.63, 3.8) is 0 Å². The van der Waals surface area contributed by atoms with Crippen molar-refractivity contribution in [2.24, 2.45) is 0 Å². The Balaban J connectivity index is 1.62. The number of sulfonamides is 1. The van der Waals surface area contributed by atoms with Crippen LogP contribution in [0.2, 0.25) is 0 Å². The molecule has 2 aromatic rings. The molecule has 2 aromatic carbocycles. The molecule has 1 heterocycles. The number of allylic oxidation sites excluding steroid dienone is 1. The zero-order valence-electron chi connectivity index (χ0n) is 14.5. The standard InChI is InChI=1S/C20H22N2O3S/c23-26(24,18-10-9-16-5-1-2-6-17(16)15-18)21-19-7-3-4-8-20(19)22-11-13-25-14-12-22/h1-8,15,21H,9-14H2. The van der Waals surface area contributed by atoms with Crippen LogP contribution in [0.3, 0.4) is 0 Å². The number of aryl methyl sites for hydroxylation is 1. The molecule has 4 rings (SSSR count). The van der Waals surface area contributed by atoms with Crippen LogP contribution in [0.15, 0.2) is 53.4 Å². The van der Waals surface area contributed by atoms with Crippen molar-refractivity contribution in [3.05, 3.63) is 64.6 Å². The first-order valence-corrected chi connectivity index (χ1v) is 10.3. The molecular formula is C20H22N2O3S. The van der Waals surface area contributed by atoms with Crippen molar-refractivity contribution in [2.75, 3.05) is 35.9 Å². The average molecular weight is 370 g/mol. The molecule has 0 amide bonds. The lowest BCUT2D eigenvalue weighted by molar-refractivity contribution is 0.123. The molecule has 1 aliphatic carbocycles.